The minimum atomic E-state index is -0.380. The summed E-state index contributed by atoms with van der Waals surface area (Å²) in [6.45, 7) is 11.6. The maximum atomic E-state index is 7.91. The Morgan fingerprint density at radius 1 is 1.11 bits per heavy atom. The van der Waals surface area contributed by atoms with Crippen LogP contribution in [0.5, 0.6) is 5.75 Å². The number of hydrogen-bond donors (Lipinski definition) is 0. The Bertz CT molecular complexity index is 1280. The molecular weight excluding hydrogens is 460 g/mol. The van der Waals surface area contributed by atoms with Gasteiger partial charge in [0.05, 0.1) is 19.8 Å². The molecule has 2 spiro atoms. The molecule has 5 nitrogen and oxygen atoms in total. The topological polar surface area (TPSA) is 35.3 Å². The third-order valence-electron chi connectivity index (χ3n) is 11.4. The van der Waals surface area contributed by atoms with E-state index in [0.29, 0.717) is 24.9 Å². The summed E-state index contributed by atoms with van der Waals surface area (Å²) in [5.41, 5.74) is 4.43. The largest absolute Gasteiger partial charge is 0.497 e. The molecule has 0 N–H and O–H groups in total. The van der Waals surface area contributed by atoms with Gasteiger partial charge in [0, 0.05) is 36.4 Å². The van der Waals surface area contributed by atoms with Gasteiger partial charge in [0.1, 0.15) is 17.5 Å². The number of piperidine rings is 1. The fourth-order valence-corrected chi connectivity index (χ4v) is 9.73. The highest BCUT2D eigenvalue weighted by Gasteiger charge is 2.80. The number of hydrogen-bond acceptors (Lipinski definition) is 4. The van der Waals surface area contributed by atoms with E-state index in [1.54, 1.807) is 0 Å². The normalized spacial score (nSPS) is 38.6. The van der Waals surface area contributed by atoms with Gasteiger partial charge in [-0.3, -0.25) is 4.90 Å². The van der Waals surface area contributed by atoms with Gasteiger partial charge < -0.3 is 14.2 Å². The van der Waals surface area contributed by atoms with Crippen LogP contribution < -0.4 is 4.74 Å². The van der Waals surface area contributed by atoms with Crippen LogP contribution in [0, 0.1) is 23.8 Å². The summed E-state index contributed by atoms with van der Waals surface area (Å²) in [5, 5.41) is 0. The van der Waals surface area contributed by atoms with E-state index in [-0.39, 0.29) is 28.5 Å². The molecule has 5 fully saturated rings. The van der Waals surface area contributed by atoms with Crippen LogP contribution in [-0.4, -0.2) is 49.5 Å². The molecular formula is C32H36N2O3. The van der Waals surface area contributed by atoms with E-state index in [1.165, 1.54) is 42.5 Å². The van der Waals surface area contributed by atoms with Gasteiger partial charge in [-0.05, 0) is 74.1 Å². The maximum Gasteiger partial charge on any atom is 0.228 e. The molecule has 5 heteroatoms. The first-order chi connectivity index (χ1) is 18.1. The van der Waals surface area contributed by atoms with Crippen LogP contribution in [0.4, 0.5) is 5.69 Å². The van der Waals surface area contributed by atoms with Crippen molar-refractivity contribution in [3.05, 3.63) is 70.6 Å². The number of methoxy groups -OCH3 is 1. The van der Waals surface area contributed by atoms with Gasteiger partial charge in [-0.15, -0.1) is 0 Å². The molecule has 0 radical (unpaired) electrons. The fraction of sp³-hybridized carbons (Fsp3) is 0.594. The monoisotopic (exact) mass is 496 g/mol. The second kappa shape index (κ2) is 7.82. The van der Waals surface area contributed by atoms with Gasteiger partial charge >= 0.3 is 0 Å². The first kappa shape index (κ1) is 22.6. The second-order valence-corrected chi connectivity index (χ2v) is 12.7. The zero-order valence-electron chi connectivity index (χ0n) is 21.7. The standard InChI is InChI=1S/C32H36N2O3/c1-33-25-11-10-23-16-26-30-12-13-32(35-2,24(17-30)20-36-19-22-6-4-3-5-7-22)29-31(30,27(23)28(25)37-29)14-15-34(26)18-21-8-9-21/h3-7,10-11,21,24,26,29H,8-9,12-20H2,2H3/t24-,26-,29-,30?,31+,32?/m1/s1. The summed E-state index contributed by atoms with van der Waals surface area (Å²) in [4.78, 5) is 6.80. The summed E-state index contributed by atoms with van der Waals surface area (Å²) in [5.74, 6) is 2.05. The highest BCUT2D eigenvalue weighted by molar-refractivity contribution is 5.70. The average Bonchev–Trinajstić information content (AvgIpc) is 3.68. The lowest BCUT2D eigenvalue weighted by atomic mass is 9.35. The molecule has 7 aliphatic rings. The Morgan fingerprint density at radius 2 is 1.97 bits per heavy atom. The summed E-state index contributed by atoms with van der Waals surface area (Å²) in [6.07, 6.45) is 8.27. The first-order valence-electron chi connectivity index (χ1n) is 14.3. The van der Waals surface area contributed by atoms with Crippen LogP contribution in [-0.2, 0) is 27.9 Å². The predicted octanol–water partition coefficient (Wildman–Crippen LogP) is 5.68. The SMILES string of the molecule is [C-]#[N+]c1ccc2c3c1O[C@H]1C4(OC)CCC5(C[C@@H]4COCc4ccccc4)[C@@H](C2)N(CC2CC2)CC[C@]315. The van der Waals surface area contributed by atoms with E-state index in [4.69, 9.17) is 20.8 Å². The Hall–Kier alpha value is -2.39. The molecule has 4 saturated carbocycles. The van der Waals surface area contributed by atoms with Crippen LogP contribution >= 0.6 is 0 Å². The van der Waals surface area contributed by atoms with Gasteiger partial charge in [0.15, 0.2) is 0 Å². The summed E-state index contributed by atoms with van der Waals surface area (Å²) < 4.78 is 20.1. The van der Waals surface area contributed by atoms with Crippen molar-refractivity contribution in [1.29, 1.82) is 0 Å². The van der Waals surface area contributed by atoms with Crippen molar-refractivity contribution in [2.24, 2.45) is 17.3 Å². The maximum absolute atomic E-state index is 7.91. The minimum absolute atomic E-state index is 0.0413. The van der Waals surface area contributed by atoms with Gasteiger partial charge in [-0.25, -0.2) is 4.85 Å². The Kier molecular flexibility index (Phi) is 4.77. The number of ether oxygens (including phenoxy) is 3. The molecule has 2 unspecified atom stereocenters. The quantitative estimate of drug-likeness (QED) is 0.462. The molecule has 2 aliphatic heterocycles. The third-order valence-corrected chi connectivity index (χ3v) is 11.4. The van der Waals surface area contributed by atoms with Crippen molar-refractivity contribution >= 4 is 5.69 Å². The lowest BCUT2D eigenvalue weighted by Gasteiger charge is -2.74. The first-order valence-corrected chi connectivity index (χ1v) is 14.3. The molecule has 2 aromatic carbocycles. The molecule has 0 amide bonds. The Labute approximate surface area is 219 Å². The van der Waals surface area contributed by atoms with Gasteiger partial charge in [-0.1, -0.05) is 42.5 Å². The highest BCUT2D eigenvalue weighted by Crippen LogP contribution is 2.76. The van der Waals surface area contributed by atoms with Gasteiger partial charge in [-0.2, -0.15) is 0 Å². The van der Waals surface area contributed by atoms with E-state index >= 15 is 0 Å². The number of benzene rings is 2. The minimum Gasteiger partial charge on any atom is -0.497 e. The molecule has 1 saturated heterocycles. The molecule has 6 atom stereocenters. The van der Waals surface area contributed by atoms with E-state index in [0.717, 1.165) is 43.9 Å². The summed E-state index contributed by atoms with van der Waals surface area (Å²) in [6, 6.07) is 15.3. The highest BCUT2D eigenvalue weighted by atomic mass is 16.6. The molecule has 5 aliphatic carbocycles. The van der Waals surface area contributed by atoms with Crippen molar-refractivity contribution in [3.8, 4) is 5.75 Å². The van der Waals surface area contributed by atoms with E-state index in [2.05, 4.69) is 46.1 Å². The Morgan fingerprint density at radius 3 is 2.76 bits per heavy atom. The molecule has 192 valence electrons. The lowest BCUT2D eigenvalue weighted by molar-refractivity contribution is -0.283. The zero-order chi connectivity index (χ0) is 24.8. The Balaban J connectivity index is 1.23. The zero-order valence-corrected chi connectivity index (χ0v) is 21.7. The number of rotatable bonds is 7. The van der Waals surface area contributed by atoms with Gasteiger partial charge in [0.25, 0.3) is 0 Å². The number of likely N-dealkylation sites (tertiary alicyclic amines) is 1. The van der Waals surface area contributed by atoms with Crippen molar-refractivity contribution in [3.63, 3.8) is 0 Å². The van der Waals surface area contributed by atoms with Crippen molar-refractivity contribution < 1.29 is 14.2 Å². The van der Waals surface area contributed by atoms with E-state index in [1.807, 2.05) is 13.2 Å². The average molecular weight is 497 g/mol. The second-order valence-electron chi connectivity index (χ2n) is 12.7. The van der Waals surface area contributed by atoms with Crippen LogP contribution in [0.15, 0.2) is 42.5 Å². The molecule has 4 bridgehead atoms. The molecule has 2 aromatic rings. The molecule has 9 rings (SSSR count). The number of nitrogens with zero attached hydrogens (tertiary/aromatic N) is 2. The van der Waals surface area contributed by atoms with Gasteiger partial charge in [0.2, 0.25) is 5.69 Å². The molecule has 37 heavy (non-hydrogen) atoms. The predicted molar refractivity (Wildman–Crippen MR) is 141 cm³/mol. The number of fused-ring (bicyclic) bond motifs is 2. The van der Waals surface area contributed by atoms with Crippen molar-refractivity contribution in [2.75, 3.05) is 26.8 Å². The van der Waals surface area contributed by atoms with Crippen LogP contribution in [0.2, 0.25) is 0 Å². The van der Waals surface area contributed by atoms with E-state index in [9.17, 15) is 0 Å². The lowest BCUT2D eigenvalue weighted by Crippen LogP contribution is -2.81. The van der Waals surface area contributed by atoms with Crippen LogP contribution in [0.3, 0.4) is 0 Å². The van der Waals surface area contributed by atoms with Crippen LogP contribution in [0.25, 0.3) is 4.85 Å². The summed E-state index contributed by atoms with van der Waals surface area (Å²) >= 11 is 0. The summed E-state index contributed by atoms with van der Waals surface area (Å²) in [7, 11) is 1.89. The van der Waals surface area contributed by atoms with Crippen molar-refractivity contribution in [2.45, 2.75) is 74.7 Å². The van der Waals surface area contributed by atoms with Crippen LogP contribution in [0.1, 0.15) is 55.2 Å². The smallest absolute Gasteiger partial charge is 0.228 e. The fourth-order valence-electron chi connectivity index (χ4n) is 9.73. The molecule has 2 heterocycles. The van der Waals surface area contributed by atoms with E-state index < -0.39 is 0 Å². The third kappa shape index (κ3) is 2.80. The molecule has 0 aromatic heterocycles. The van der Waals surface area contributed by atoms with Crippen molar-refractivity contribution in [1.82, 2.24) is 4.90 Å².